The zero-order valence-electron chi connectivity index (χ0n) is 9.75. The Bertz CT molecular complexity index is 434. The lowest BCUT2D eigenvalue weighted by molar-refractivity contribution is -0.144. The number of nitrogen functional groups attached to an aromatic ring is 1. The van der Waals surface area contributed by atoms with Crippen LogP contribution in [0.15, 0.2) is 6.07 Å². The van der Waals surface area contributed by atoms with Crippen molar-refractivity contribution in [1.29, 1.82) is 0 Å². The van der Waals surface area contributed by atoms with Gasteiger partial charge in [0.15, 0.2) is 0 Å². The second-order valence-corrected chi connectivity index (χ2v) is 4.46. The van der Waals surface area contributed by atoms with Crippen molar-refractivity contribution in [2.75, 3.05) is 17.3 Å². The summed E-state index contributed by atoms with van der Waals surface area (Å²) in [6.45, 7) is 2.71. The van der Waals surface area contributed by atoms with Crippen molar-refractivity contribution in [3.63, 3.8) is 0 Å². The van der Waals surface area contributed by atoms with Crippen LogP contribution in [0, 0.1) is 11.8 Å². The third kappa shape index (κ3) is 3.00. The Balaban J connectivity index is 2.13. The first-order chi connectivity index (χ1) is 8.40. The van der Waals surface area contributed by atoms with E-state index >= 15 is 0 Å². The molecule has 0 aliphatic heterocycles. The summed E-state index contributed by atoms with van der Waals surface area (Å²) in [5.41, 5.74) is 2.10. The van der Waals surface area contributed by atoms with Crippen LogP contribution in [-0.4, -0.2) is 16.5 Å². The van der Waals surface area contributed by atoms with Crippen molar-refractivity contribution < 1.29 is 13.2 Å². The molecule has 18 heavy (non-hydrogen) atoms. The number of rotatable bonds is 4. The van der Waals surface area contributed by atoms with Crippen LogP contribution in [0.25, 0.3) is 0 Å². The molecule has 0 spiro atoms. The van der Waals surface area contributed by atoms with Crippen LogP contribution in [0.5, 0.6) is 0 Å². The van der Waals surface area contributed by atoms with Gasteiger partial charge in [0.25, 0.3) is 0 Å². The monoisotopic (exact) mass is 261 g/mol. The van der Waals surface area contributed by atoms with Gasteiger partial charge in [0.05, 0.1) is 0 Å². The minimum atomic E-state index is -4.59. The van der Waals surface area contributed by atoms with Gasteiger partial charge < -0.3 is 10.7 Å². The Morgan fingerprint density at radius 2 is 2.00 bits per heavy atom. The summed E-state index contributed by atoms with van der Waals surface area (Å²) < 4.78 is 37.6. The van der Waals surface area contributed by atoms with Gasteiger partial charge in [-0.25, -0.2) is 15.8 Å². The summed E-state index contributed by atoms with van der Waals surface area (Å²) >= 11 is 0. The molecule has 0 radical (unpaired) electrons. The third-order valence-electron chi connectivity index (χ3n) is 2.95. The Morgan fingerprint density at radius 1 is 1.39 bits per heavy atom. The molecule has 0 bridgehead atoms. The molecule has 1 aliphatic rings. The Morgan fingerprint density at radius 3 is 2.50 bits per heavy atom. The van der Waals surface area contributed by atoms with Gasteiger partial charge in [0, 0.05) is 12.6 Å². The van der Waals surface area contributed by atoms with Gasteiger partial charge in [-0.15, -0.1) is 0 Å². The van der Waals surface area contributed by atoms with Gasteiger partial charge in [-0.3, -0.25) is 0 Å². The fourth-order valence-corrected chi connectivity index (χ4v) is 1.66. The first kappa shape index (κ1) is 12.9. The van der Waals surface area contributed by atoms with E-state index in [1.807, 2.05) is 0 Å². The number of nitrogens with one attached hydrogen (secondary N) is 2. The van der Waals surface area contributed by atoms with E-state index in [1.165, 1.54) is 6.07 Å². The third-order valence-corrected chi connectivity index (χ3v) is 2.95. The summed E-state index contributed by atoms with van der Waals surface area (Å²) in [7, 11) is 0. The second-order valence-electron chi connectivity index (χ2n) is 4.46. The number of nitrogens with two attached hydrogens (primary N) is 1. The number of alkyl halides is 3. The molecule has 2 atom stereocenters. The molecule has 8 heteroatoms. The molecule has 0 aromatic carbocycles. The van der Waals surface area contributed by atoms with Gasteiger partial charge in [-0.05, 0) is 18.3 Å². The smallest absolute Gasteiger partial charge is 0.370 e. The van der Waals surface area contributed by atoms with Crippen molar-refractivity contribution in [1.82, 2.24) is 9.97 Å². The number of aromatic nitrogens is 2. The number of anilines is 2. The molecule has 1 aliphatic carbocycles. The number of hydrogen-bond acceptors (Lipinski definition) is 5. The zero-order chi connectivity index (χ0) is 13.3. The van der Waals surface area contributed by atoms with Gasteiger partial charge >= 0.3 is 6.18 Å². The Kier molecular flexibility index (Phi) is 3.29. The molecule has 4 N–H and O–H groups in total. The molecular formula is C10H14F3N5. The first-order valence-electron chi connectivity index (χ1n) is 5.57. The summed E-state index contributed by atoms with van der Waals surface area (Å²) in [5, 5.41) is 2.88. The fourth-order valence-electron chi connectivity index (χ4n) is 1.66. The maximum Gasteiger partial charge on any atom is 0.451 e. The molecule has 5 nitrogen and oxygen atoms in total. The molecule has 2 rings (SSSR count). The van der Waals surface area contributed by atoms with E-state index in [1.54, 1.807) is 0 Å². The van der Waals surface area contributed by atoms with Crippen LogP contribution < -0.4 is 16.6 Å². The van der Waals surface area contributed by atoms with E-state index < -0.39 is 12.0 Å². The first-order valence-corrected chi connectivity index (χ1v) is 5.57. The fraction of sp³-hybridized carbons (Fsp3) is 0.600. The van der Waals surface area contributed by atoms with Gasteiger partial charge in [0.1, 0.15) is 11.6 Å². The van der Waals surface area contributed by atoms with Crippen molar-refractivity contribution in [3.05, 3.63) is 11.9 Å². The number of hydrazine groups is 1. The van der Waals surface area contributed by atoms with Crippen LogP contribution in [0.4, 0.5) is 24.8 Å². The lowest BCUT2D eigenvalue weighted by Gasteiger charge is -2.11. The molecule has 0 amide bonds. The molecule has 1 saturated carbocycles. The highest BCUT2D eigenvalue weighted by atomic mass is 19.4. The zero-order valence-corrected chi connectivity index (χ0v) is 9.75. The predicted octanol–water partition coefficient (Wildman–Crippen LogP) is 1.85. The van der Waals surface area contributed by atoms with E-state index in [0.29, 0.717) is 18.4 Å². The van der Waals surface area contributed by atoms with Gasteiger partial charge in [-0.1, -0.05) is 6.92 Å². The van der Waals surface area contributed by atoms with E-state index in [9.17, 15) is 13.2 Å². The summed E-state index contributed by atoms with van der Waals surface area (Å²) in [5.74, 6) is 5.07. The lowest BCUT2D eigenvalue weighted by Crippen LogP contribution is -2.17. The molecule has 2 unspecified atom stereocenters. The highest BCUT2D eigenvalue weighted by Gasteiger charge is 2.36. The van der Waals surface area contributed by atoms with Crippen LogP contribution in [0.3, 0.4) is 0 Å². The molecule has 100 valence electrons. The topological polar surface area (TPSA) is 75.9 Å². The van der Waals surface area contributed by atoms with Gasteiger partial charge in [0.2, 0.25) is 5.82 Å². The van der Waals surface area contributed by atoms with Crippen molar-refractivity contribution in [2.45, 2.75) is 19.5 Å². The molecular weight excluding hydrogens is 247 g/mol. The number of halogens is 3. The van der Waals surface area contributed by atoms with Crippen LogP contribution >= 0.6 is 0 Å². The average molecular weight is 261 g/mol. The maximum atomic E-state index is 12.5. The van der Waals surface area contributed by atoms with Crippen LogP contribution in [-0.2, 0) is 6.18 Å². The van der Waals surface area contributed by atoms with E-state index in [4.69, 9.17) is 5.84 Å². The molecule has 1 fully saturated rings. The predicted molar refractivity (Wildman–Crippen MR) is 60.6 cm³/mol. The van der Waals surface area contributed by atoms with Crippen LogP contribution in [0.2, 0.25) is 0 Å². The Labute approximate surface area is 102 Å². The minimum Gasteiger partial charge on any atom is -0.370 e. The second kappa shape index (κ2) is 4.60. The summed E-state index contributed by atoms with van der Waals surface area (Å²) in [4.78, 5) is 6.70. The van der Waals surface area contributed by atoms with Crippen molar-refractivity contribution in [2.24, 2.45) is 17.7 Å². The highest BCUT2D eigenvalue weighted by molar-refractivity contribution is 5.47. The standard InChI is InChI=1S/C10H14F3N5/c1-5-2-6(5)4-15-7-3-8(18-14)17-9(16-7)10(11,12)13/h3,5-6H,2,4,14H2,1H3,(H2,15,16,17,18). The number of hydrogen-bond donors (Lipinski definition) is 3. The Hall–Kier alpha value is -1.57. The molecule has 1 aromatic rings. The molecule has 1 heterocycles. The maximum absolute atomic E-state index is 12.5. The quantitative estimate of drug-likeness (QED) is 0.569. The van der Waals surface area contributed by atoms with E-state index in [-0.39, 0.29) is 11.6 Å². The van der Waals surface area contributed by atoms with Crippen LogP contribution in [0.1, 0.15) is 19.2 Å². The largest absolute Gasteiger partial charge is 0.451 e. The van der Waals surface area contributed by atoms with E-state index in [2.05, 4.69) is 27.6 Å². The average Bonchev–Trinajstić information content (AvgIpc) is 3.01. The lowest BCUT2D eigenvalue weighted by atomic mass is 10.3. The summed E-state index contributed by atoms with van der Waals surface area (Å²) in [6.07, 6.45) is -3.50. The molecule has 1 aromatic heterocycles. The van der Waals surface area contributed by atoms with E-state index in [0.717, 1.165) is 6.42 Å². The number of nitrogens with zero attached hydrogens (tertiary/aromatic N) is 2. The SMILES string of the molecule is CC1CC1CNc1cc(NN)nc(C(F)(F)F)n1. The van der Waals surface area contributed by atoms with Gasteiger partial charge in [-0.2, -0.15) is 13.2 Å². The minimum absolute atomic E-state index is 0.0660. The van der Waals surface area contributed by atoms with Crippen molar-refractivity contribution in [3.8, 4) is 0 Å². The highest BCUT2D eigenvalue weighted by Crippen LogP contribution is 2.37. The normalized spacial score (nSPS) is 22.7. The van der Waals surface area contributed by atoms with Crippen molar-refractivity contribution >= 4 is 11.6 Å². The molecule has 0 saturated heterocycles. The summed E-state index contributed by atoms with van der Waals surface area (Å²) in [6, 6.07) is 1.35.